The Kier molecular flexibility index (Phi) is 9.58. The van der Waals surface area contributed by atoms with Gasteiger partial charge in [0.1, 0.15) is 30.3 Å². The predicted octanol–water partition coefficient (Wildman–Crippen LogP) is 0.277. The summed E-state index contributed by atoms with van der Waals surface area (Å²) in [7, 11) is 0. The van der Waals surface area contributed by atoms with Crippen LogP contribution in [0.2, 0.25) is 0 Å². The van der Waals surface area contributed by atoms with Gasteiger partial charge in [-0.25, -0.2) is 4.39 Å². The lowest BCUT2D eigenvalue weighted by atomic mass is 9.84. The SMILES string of the molecule is CC(C)(CNC(=O)[C@@H]1CC(=O)N[C@@H](CC(N)=O)C(=O)NCCOc2ccccc2C(=O)N1)c1ccc(F)cc1. The Balaban J connectivity index is 1.84. The second-order valence-electron chi connectivity index (χ2n) is 9.76. The lowest BCUT2D eigenvalue weighted by Crippen LogP contribution is -2.54. The van der Waals surface area contributed by atoms with E-state index in [1.807, 2.05) is 13.8 Å². The number of nitrogens with two attached hydrogens (primary N) is 1. The number of benzene rings is 2. The number of para-hydroxylation sites is 1. The Morgan fingerprint density at radius 2 is 1.77 bits per heavy atom. The molecule has 12 heteroatoms. The van der Waals surface area contributed by atoms with Crippen LogP contribution in [-0.4, -0.2) is 61.3 Å². The fraction of sp³-hybridized carbons (Fsp3) is 0.370. The standard InChI is InChI=1S/C27H32FN5O6/c1-27(2,16-7-9-17(28)10-8-16)15-31-26(38)20-14-23(35)32-19(13-22(29)34)25(37)30-11-12-39-21-6-4-3-5-18(21)24(36)33-20/h3-10,19-20H,11-15H2,1-2H3,(H2,29,34)(H,30,37)(H,31,38)(H,32,35)(H,33,36)/t19-,20-/m0/s1. The van der Waals surface area contributed by atoms with Gasteiger partial charge in [0.25, 0.3) is 5.91 Å². The van der Waals surface area contributed by atoms with Crippen LogP contribution in [0.3, 0.4) is 0 Å². The van der Waals surface area contributed by atoms with Gasteiger partial charge in [0.2, 0.25) is 23.6 Å². The van der Waals surface area contributed by atoms with Gasteiger partial charge in [-0.2, -0.15) is 0 Å². The van der Waals surface area contributed by atoms with Gasteiger partial charge in [-0.15, -0.1) is 0 Å². The number of fused-ring (bicyclic) bond motifs is 1. The van der Waals surface area contributed by atoms with Crippen molar-refractivity contribution in [2.24, 2.45) is 5.73 Å². The number of primary amides is 1. The zero-order valence-electron chi connectivity index (χ0n) is 21.7. The third kappa shape index (κ3) is 8.25. The average Bonchev–Trinajstić information content (AvgIpc) is 2.88. The number of carbonyl (C=O) groups is 5. The number of halogens is 1. The van der Waals surface area contributed by atoms with Crippen molar-refractivity contribution >= 4 is 29.5 Å². The van der Waals surface area contributed by atoms with Gasteiger partial charge in [-0.05, 0) is 29.8 Å². The molecule has 0 spiro atoms. The maximum atomic E-state index is 13.4. The molecule has 0 aliphatic carbocycles. The van der Waals surface area contributed by atoms with E-state index in [0.29, 0.717) is 0 Å². The summed E-state index contributed by atoms with van der Waals surface area (Å²) < 4.78 is 19.0. The van der Waals surface area contributed by atoms with Crippen LogP contribution >= 0.6 is 0 Å². The molecule has 3 rings (SSSR count). The molecule has 0 bridgehead atoms. The van der Waals surface area contributed by atoms with Crippen molar-refractivity contribution in [3.05, 3.63) is 65.5 Å². The van der Waals surface area contributed by atoms with Crippen LogP contribution in [-0.2, 0) is 24.6 Å². The van der Waals surface area contributed by atoms with E-state index in [1.165, 1.54) is 18.2 Å². The first-order valence-corrected chi connectivity index (χ1v) is 12.4. The van der Waals surface area contributed by atoms with Crippen LogP contribution in [0.1, 0.15) is 42.6 Å². The first-order chi connectivity index (χ1) is 18.5. The first kappa shape index (κ1) is 29.1. The van der Waals surface area contributed by atoms with E-state index in [4.69, 9.17) is 10.5 Å². The van der Waals surface area contributed by atoms with Gasteiger partial charge >= 0.3 is 0 Å². The Labute approximate surface area is 225 Å². The highest BCUT2D eigenvalue weighted by molar-refractivity contribution is 6.01. The molecule has 2 aromatic rings. The summed E-state index contributed by atoms with van der Waals surface area (Å²) in [6, 6.07) is 9.59. The van der Waals surface area contributed by atoms with E-state index in [1.54, 1.807) is 30.3 Å². The minimum atomic E-state index is -1.34. The van der Waals surface area contributed by atoms with Gasteiger partial charge in [-0.1, -0.05) is 38.1 Å². The molecular weight excluding hydrogens is 509 g/mol. The number of hydrogen-bond donors (Lipinski definition) is 5. The van der Waals surface area contributed by atoms with E-state index in [2.05, 4.69) is 21.3 Å². The number of nitrogens with one attached hydrogen (secondary N) is 4. The van der Waals surface area contributed by atoms with Crippen molar-refractivity contribution in [3.8, 4) is 5.75 Å². The van der Waals surface area contributed by atoms with Crippen LogP contribution in [0.15, 0.2) is 48.5 Å². The van der Waals surface area contributed by atoms with Crippen molar-refractivity contribution in [3.63, 3.8) is 0 Å². The molecule has 2 atom stereocenters. The van der Waals surface area contributed by atoms with Crippen molar-refractivity contribution in [2.45, 2.75) is 44.2 Å². The second-order valence-corrected chi connectivity index (χ2v) is 9.76. The van der Waals surface area contributed by atoms with E-state index in [9.17, 15) is 28.4 Å². The van der Waals surface area contributed by atoms with E-state index in [-0.39, 0.29) is 36.8 Å². The summed E-state index contributed by atoms with van der Waals surface area (Å²) in [6.45, 7) is 3.84. The van der Waals surface area contributed by atoms with Crippen molar-refractivity contribution in [1.82, 2.24) is 21.3 Å². The summed E-state index contributed by atoms with van der Waals surface area (Å²) in [4.78, 5) is 63.3. The van der Waals surface area contributed by atoms with Crippen LogP contribution in [0.25, 0.3) is 0 Å². The highest BCUT2D eigenvalue weighted by Crippen LogP contribution is 2.23. The second kappa shape index (κ2) is 12.9. The van der Waals surface area contributed by atoms with Crippen molar-refractivity contribution in [2.75, 3.05) is 19.7 Å². The topological polar surface area (TPSA) is 169 Å². The normalized spacial score (nSPS) is 18.8. The smallest absolute Gasteiger partial charge is 0.255 e. The summed E-state index contributed by atoms with van der Waals surface area (Å²) in [6.07, 6.45) is -0.990. The molecule has 0 radical (unpaired) electrons. The minimum Gasteiger partial charge on any atom is -0.491 e. The molecule has 11 nitrogen and oxygen atoms in total. The third-order valence-electron chi connectivity index (χ3n) is 6.19. The number of amides is 5. The molecule has 0 aromatic heterocycles. The Bertz CT molecular complexity index is 1230. The van der Waals surface area contributed by atoms with Crippen LogP contribution in [0.5, 0.6) is 5.75 Å². The van der Waals surface area contributed by atoms with Gasteiger partial charge in [0, 0.05) is 12.0 Å². The van der Waals surface area contributed by atoms with Crippen molar-refractivity contribution in [1.29, 1.82) is 0 Å². The van der Waals surface area contributed by atoms with E-state index < -0.39 is 59.9 Å². The van der Waals surface area contributed by atoms with Gasteiger partial charge in [0.05, 0.1) is 24.9 Å². The summed E-state index contributed by atoms with van der Waals surface area (Å²) >= 11 is 0. The lowest BCUT2D eigenvalue weighted by molar-refractivity contribution is -0.132. The molecule has 0 saturated carbocycles. The number of rotatable bonds is 6. The molecule has 0 fully saturated rings. The Morgan fingerprint density at radius 3 is 2.46 bits per heavy atom. The molecule has 5 amide bonds. The predicted molar refractivity (Wildman–Crippen MR) is 139 cm³/mol. The largest absolute Gasteiger partial charge is 0.491 e. The monoisotopic (exact) mass is 541 g/mol. The number of hydrogen-bond acceptors (Lipinski definition) is 6. The van der Waals surface area contributed by atoms with Crippen LogP contribution in [0, 0.1) is 5.82 Å². The molecule has 39 heavy (non-hydrogen) atoms. The zero-order chi connectivity index (χ0) is 28.6. The highest BCUT2D eigenvalue weighted by atomic mass is 19.1. The number of carbonyl (C=O) groups excluding carboxylic acids is 5. The quantitative estimate of drug-likeness (QED) is 0.352. The zero-order valence-corrected chi connectivity index (χ0v) is 21.7. The highest BCUT2D eigenvalue weighted by Gasteiger charge is 2.30. The minimum absolute atomic E-state index is 0.00431. The molecular formula is C27H32FN5O6. The Hall–Kier alpha value is -4.48. The van der Waals surface area contributed by atoms with Crippen LogP contribution < -0.4 is 31.7 Å². The third-order valence-corrected chi connectivity index (χ3v) is 6.19. The maximum Gasteiger partial charge on any atom is 0.255 e. The summed E-state index contributed by atoms with van der Waals surface area (Å²) in [5, 5.41) is 10.3. The molecule has 1 aliphatic rings. The molecule has 1 aliphatic heterocycles. The molecule has 1 heterocycles. The average molecular weight is 542 g/mol. The summed E-state index contributed by atoms with van der Waals surface area (Å²) in [5.41, 5.74) is 5.53. The van der Waals surface area contributed by atoms with Gasteiger partial charge in [-0.3, -0.25) is 24.0 Å². The fourth-order valence-corrected chi connectivity index (χ4v) is 3.97. The van der Waals surface area contributed by atoms with Crippen LogP contribution in [0.4, 0.5) is 4.39 Å². The van der Waals surface area contributed by atoms with Crippen molar-refractivity contribution < 1.29 is 33.1 Å². The first-order valence-electron chi connectivity index (χ1n) is 12.4. The summed E-state index contributed by atoms with van der Waals surface area (Å²) in [5.74, 6) is -3.69. The Morgan fingerprint density at radius 1 is 1.08 bits per heavy atom. The van der Waals surface area contributed by atoms with Gasteiger partial charge < -0.3 is 31.7 Å². The van der Waals surface area contributed by atoms with Gasteiger partial charge in [0.15, 0.2) is 0 Å². The fourth-order valence-electron chi connectivity index (χ4n) is 3.97. The maximum absolute atomic E-state index is 13.4. The lowest BCUT2D eigenvalue weighted by Gasteiger charge is -2.27. The molecule has 6 N–H and O–H groups in total. The van der Waals surface area contributed by atoms with E-state index >= 15 is 0 Å². The molecule has 0 saturated heterocycles. The molecule has 2 aromatic carbocycles. The molecule has 208 valence electrons. The molecule has 0 unspecified atom stereocenters. The number of ether oxygens (including phenoxy) is 1. The van der Waals surface area contributed by atoms with E-state index in [0.717, 1.165) is 5.56 Å².